The van der Waals surface area contributed by atoms with E-state index < -0.39 is 5.82 Å². The van der Waals surface area contributed by atoms with E-state index in [1.807, 2.05) is 30.3 Å². The van der Waals surface area contributed by atoms with E-state index >= 15 is 0 Å². The molecule has 3 aromatic carbocycles. The number of aromatic nitrogens is 1. The van der Waals surface area contributed by atoms with E-state index in [0.29, 0.717) is 26.7 Å². The molecule has 198 valence electrons. The van der Waals surface area contributed by atoms with Gasteiger partial charge in [0.05, 0.1) is 15.0 Å². The van der Waals surface area contributed by atoms with E-state index in [2.05, 4.69) is 27.9 Å². The van der Waals surface area contributed by atoms with Crippen LogP contribution in [-0.4, -0.2) is 26.6 Å². The average molecular weight is 579 g/mol. The Morgan fingerprint density at radius 2 is 1.74 bits per heavy atom. The van der Waals surface area contributed by atoms with Crippen molar-refractivity contribution in [2.24, 2.45) is 4.99 Å². The summed E-state index contributed by atoms with van der Waals surface area (Å²) in [6.07, 6.45) is 9.19. The summed E-state index contributed by atoms with van der Waals surface area (Å²) in [5.41, 5.74) is 3.26. The molecule has 4 aromatic rings. The Hall–Kier alpha value is -3.06. The van der Waals surface area contributed by atoms with Crippen LogP contribution in [-0.2, 0) is 11.3 Å². The Morgan fingerprint density at radius 1 is 0.974 bits per heavy atom. The molecule has 2 fully saturated rings. The van der Waals surface area contributed by atoms with Crippen molar-refractivity contribution in [1.29, 1.82) is 0 Å². The molecule has 0 unspecified atom stereocenters. The zero-order valence-electron chi connectivity index (χ0n) is 21.1. The summed E-state index contributed by atoms with van der Waals surface area (Å²) in [4.78, 5) is 20.9. The highest BCUT2D eigenvalue weighted by molar-refractivity contribution is 8.18. The third-order valence-electron chi connectivity index (χ3n) is 7.29. The molecule has 1 amide bonds. The number of amidine groups is 1. The van der Waals surface area contributed by atoms with Crippen molar-refractivity contribution < 1.29 is 9.18 Å². The second-order valence-corrected chi connectivity index (χ2v) is 11.7. The standard InChI is InChI=1S/C31H26Cl2FN3OS/c32-24-15-14-20(16-25(24)33)18-36-19-21(23-10-4-7-13-28(23)36)17-29-30(38)37(22-8-2-1-3-9-22)31(39-29)35-27-12-6-5-11-26(27)34/h4-7,10-17,19,22H,1-3,8-9,18H2/b29-17-,35-31?. The molecule has 2 aliphatic rings. The molecule has 6 rings (SSSR count). The molecule has 0 spiro atoms. The molecule has 8 heteroatoms. The zero-order chi connectivity index (χ0) is 26.9. The lowest BCUT2D eigenvalue weighted by molar-refractivity contribution is -0.124. The van der Waals surface area contributed by atoms with Gasteiger partial charge in [0.2, 0.25) is 0 Å². The van der Waals surface area contributed by atoms with Crippen LogP contribution in [0.15, 0.2) is 82.8 Å². The van der Waals surface area contributed by atoms with Crippen molar-refractivity contribution in [1.82, 2.24) is 9.47 Å². The summed E-state index contributed by atoms with van der Waals surface area (Å²) in [6.45, 7) is 0.607. The van der Waals surface area contributed by atoms with Gasteiger partial charge in [0.25, 0.3) is 5.91 Å². The van der Waals surface area contributed by atoms with Gasteiger partial charge in [0, 0.05) is 35.2 Å². The Labute approximate surface area is 241 Å². The zero-order valence-corrected chi connectivity index (χ0v) is 23.4. The predicted octanol–water partition coefficient (Wildman–Crippen LogP) is 9.07. The largest absolute Gasteiger partial charge is 0.342 e. The molecule has 0 radical (unpaired) electrons. The average Bonchev–Trinajstić information content (AvgIpc) is 3.44. The molecule has 1 aliphatic carbocycles. The van der Waals surface area contributed by atoms with Crippen molar-refractivity contribution in [2.45, 2.75) is 44.7 Å². The summed E-state index contributed by atoms with van der Waals surface area (Å²) in [5, 5.41) is 2.63. The maximum Gasteiger partial charge on any atom is 0.267 e. The van der Waals surface area contributed by atoms with Gasteiger partial charge in [0.1, 0.15) is 11.5 Å². The van der Waals surface area contributed by atoms with E-state index in [1.54, 1.807) is 29.2 Å². The van der Waals surface area contributed by atoms with Gasteiger partial charge < -0.3 is 4.57 Å². The molecule has 39 heavy (non-hydrogen) atoms. The lowest BCUT2D eigenvalue weighted by Crippen LogP contribution is -2.40. The van der Waals surface area contributed by atoms with Crippen LogP contribution in [0.1, 0.15) is 43.2 Å². The minimum atomic E-state index is -0.399. The number of para-hydroxylation sites is 2. The summed E-state index contributed by atoms with van der Waals surface area (Å²) in [7, 11) is 0. The van der Waals surface area contributed by atoms with E-state index in [1.165, 1.54) is 24.2 Å². The van der Waals surface area contributed by atoms with Gasteiger partial charge in [-0.3, -0.25) is 9.69 Å². The van der Waals surface area contributed by atoms with Crippen molar-refractivity contribution in [3.05, 3.63) is 105 Å². The van der Waals surface area contributed by atoms with Crippen LogP contribution < -0.4 is 0 Å². The molecule has 1 aromatic heterocycles. The highest BCUT2D eigenvalue weighted by Gasteiger charge is 2.39. The van der Waals surface area contributed by atoms with Crippen molar-refractivity contribution >= 4 is 68.7 Å². The number of fused-ring (bicyclic) bond motifs is 1. The number of carbonyl (C=O) groups excluding carboxylic acids is 1. The lowest BCUT2D eigenvalue weighted by atomic mass is 9.94. The third kappa shape index (κ3) is 5.38. The van der Waals surface area contributed by atoms with Crippen molar-refractivity contribution in [3.63, 3.8) is 0 Å². The fourth-order valence-corrected chi connectivity index (χ4v) is 6.73. The number of aliphatic imine (C=N–C) groups is 1. The van der Waals surface area contributed by atoms with Gasteiger partial charge >= 0.3 is 0 Å². The van der Waals surface area contributed by atoms with Crippen LogP contribution in [0.5, 0.6) is 0 Å². The molecule has 1 saturated carbocycles. The Balaban J connectivity index is 1.39. The predicted molar refractivity (Wildman–Crippen MR) is 160 cm³/mol. The van der Waals surface area contributed by atoms with Gasteiger partial charge in [0.15, 0.2) is 5.17 Å². The normalized spacial score (nSPS) is 18.6. The van der Waals surface area contributed by atoms with Crippen LogP contribution >= 0.6 is 35.0 Å². The van der Waals surface area contributed by atoms with Crippen LogP contribution in [0.25, 0.3) is 17.0 Å². The van der Waals surface area contributed by atoms with Crippen molar-refractivity contribution in [3.8, 4) is 0 Å². The molecular weight excluding hydrogens is 552 g/mol. The van der Waals surface area contributed by atoms with Gasteiger partial charge in [-0.2, -0.15) is 0 Å². The minimum Gasteiger partial charge on any atom is -0.342 e. The molecule has 4 nitrogen and oxygen atoms in total. The van der Waals surface area contributed by atoms with Crippen LogP contribution in [0.2, 0.25) is 10.0 Å². The van der Waals surface area contributed by atoms with E-state index in [4.69, 9.17) is 23.2 Å². The number of benzene rings is 3. The van der Waals surface area contributed by atoms with Crippen molar-refractivity contribution in [2.75, 3.05) is 0 Å². The second kappa shape index (κ2) is 11.2. The summed E-state index contributed by atoms with van der Waals surface area (Å²) in [5.74, 6) is -0.465. The monoisotopic (exact) mass is 577 g/mol. The van der Waals surface area contributed by atoms with Gasteiger partial charge in [-0.1, -0.05) is 78.9 Å². The quantitative estimate of drug-likeness (QED) is 0.222. The third-order valence-corrected chi connectivity index (χ3v) is 9.01. The molecule has 0 atom stereocenters. The first-order valence-corrected chi connectivity index (χ1v) is 14.6. The molecule has 1 aliphatic heterocycles. The number of halogens is 3. The topological polar surface area (TPSA) is 37.6 Å². The Morgan fingerprint density at radius 3 is 2.54 bits per heavy atom. The summed E-state index contributed by atoms with van der Waals surface area (Å²) in [6, 6.07) is 20.3. The van der Waals surface area contributed by atoms with Gasteiger partial charge in [-0.25, -0.2) is 9.38 Å². The number of carbonyl (C=O) groups is 1. The molecule has 1 saturated heterocycles. The highest BCUT2D eigenvalue weighted by atomic mass is 35.5. The maximum absolute atomic E-state index is 14.5. The fraction of sp³-hybridized carbons (Fsp3) is 0.226. The molecular formula is C31H26Cl2FN3OS. The first-order chi connectivity index (χ1) is 19.0. The van der Waals surface area contributed by atoms with Crippen LogP contribution in [0, 0.1) is 5.82 Å². The number of amides is 1. The molecule has 0 bridgehead atoms. The minimum absolute atomic E-state index is 0.0664. The van der Waals surface area contributed by atoms with E-state index in [-0.39, 0.29) is 17.6 Å². The Bertz CT molecular complexity index is 1620. The number of rotatable bonds is 5. The van der Waals surface area contributed by atoms with E-state index in [9.17, 15) is 9.18 Å². The smallest absolute Gasteiger partial charge is 0.267 e. The van der Waals surface area contributed by atoms with Crippen LogP contribution in [0.3, 0.4) is 0 Å². The van der Waals surface area contributed by atoms with E-state index in [0.717, 1.165) is 47.7 Å². The highest BCUT2D eigenvalue weighted by Crippen LogP contribution is 2.39. The Kier molecular flexibility index (Phi) is 7.52. The number of hydrogen-bond donors (Lipinski definition) is 0. The first-order valence-electron chi connectivity index (χ1n) is 13.1. The summed E-state index contributed by atoms with van der Waals surface area (Å²) >= 11 is 13.7. The number of hydrogen-bond acceptors (Lipinski definition) is 3. The van der Waals surface area contributed by atoms with Crippen LogP contribution in [0.4, 0.5) is 10.1 Å². The SMILES string of the molecule is O=C1/C(=C/c2cn(Cc3ccc(Cl)c(Cl)c3)c3ccccc23)SC(=Nc2ccccc2F)N1C1CCCCC1. The lowest BCUT2D eigenvalue weighted by Gasteiger charge is -2.30. The number of nitrogens with zero attached hydrogens (tertiary/aromatic N) is 3. The second-order valence-electron chi connectivity index (χ2n) is 9.90. The van der Waals surface area contributed by atoms with Gasteiger partial charge in [-0.05, 0) is 66.6 Å². The molecule has 2 heterocycles. The summed E-state index contributed by atoms with van der Waals surface area (Å²) < 4.78 is 16.7. The first kappa shape index (κ1) is 26.2. The number of thioether (sulfide) groups is 1. The fourth-order valence-electron chi connectivity index (χ4n) is 5.37. The maximum atomic E-state index is 14.5. The molecule has 0 N–H and O–H groups in total. The van der Waals surface area contributed by atoms with Gasteiger partial charge in [-0.15, -0.1) is 0 Å².